The molecule has 1 aromatic carbocycles. The molecule has 0 saturated heterocycles. The van der Waals surface area contributed by atoms with Crippen molar-refractivity contribution in [3.05, 3.63) is 36.2 Å². The summed E-state index contributed by atoms with van der Waals surface area (Å²) in [4.78, 5) is 16.0. The Kier molecular flexibility index (Phi) is 5.24. The van der Waals surface area contributed by atoms with Crippen molar-refractivity contribution < 1.29 is 14.6 Å². The van der Waals surface area contributed by atoms with Gasteiger partial charge in [0.05, 0.1) is 31.4 Å². The zero-order valence-corrected chi connectivity index (χ0v) is 12.7. The van der Waals surface area contributed by atoms with E-state index in [1.165, 1.54) is 11.8 Å². The number of nitrogens with one attached hydrogen (secondary N) is 1. The highest BCUT2D eigenvalue weighted by Crippen LogP contribution is 2.19. The first-order chi connectivity index (χ1) is 10.1. The second kappa shape index (κ2) is 7.14. The van der Waals surface area contributed by atoms with Crippen molar-refractivity contribution >= 4 is 23.4 Å². The molecule has 1 heterocycles. The van der Waals surface area contributed by atoms with Gasteiger partial charge in [0.25, 0.3) is 0 Å². The lowest BCUT2D eigenvalue weighted by atomic mass is 10.3. The zero-order valence-electron chi connectivity index (χ0n) is 11.9. The number of ether oxygens (including phenoxy) is 1. The van der Waals surface area contributed by atoms with Crippen molar-refractivity contribution in [1.29, 1.82) is 0 Å². The van der Waals surface area contributed by atoms with E-state index in [2.05, 4.69) is 10.3 Å². The highest BCUT2D eigenvalue weighted by atomic mass is 32.2. The van der Waals surface area contributed by atoms with Crippen molar-refractivity contribution in [3.63, 3.8) is 0 Å². The van der Waals surface area contributed by atoms with Gasteiger partial charge in [0, 0.05) is 12.7 Å². The molecular formula is C14H17N3O3S. The number of hydrogen-bond acceptors (Lipinski definition) is 5. The molecule has 0 fully saturated rings. The van der Waals surface area contributed by atoms with Gasteiger partial charge in [-0.2, -0.15) is 0 Å². The number of methoxy groups -OCH3 is 1. The highest BCUT2D eigenvalue weighted by Gasteiger charge is 2.09. The van der Waals surface area contributed by atoms with Gasteiger partial charge in [-0.3, -0.25) is 4.79 Å². The molecule has 0 aliphatic carbocycles. The second-order valence-electron chi connectivity index (χ2n) is 4.31. The summed E-state index contributed by atoms with van der Waals surface area (Å²) in [5.41, 5.74) is 1.44. The molecule has 112 valence electrons. The van der Waals surface area contributed by atoms with Gasteiger partial charge in [0.2, 0.25) is 5.91 Å². The molecule has 0 spiro atoms. The van der Waals surface area contributed by atoms with Crippen LogP contribution in [0.25, 0.3) is 0 Å². The van der Waals surface area contributed by atoms with Crippen LogP contribution >= 0.6 is 11.8 Å². The molecule has 0 bridgehead atoms. The third-order valence-electron chi connectivity index (χ3n) is 2.91. The minimum atomic E-state index is -0.112. The fourth-order valence-corrected chi connectivity index (χ4v) is 2.48. The van der Waals surface area contributed by atoms with E-state index in [9.17, 15) is 4.79 Å². The fourth-order valence-electron chi connectivity index (χ4n) is 1.71. The predicted octanol–water partition coefficient (Wildman–Crippen LogP) is 1.65. The summed E-state index contributed by atoms with van der Waals surface area (Å²) in [7, 11) is 3.40. The quantitative estimate of drug-likeness (QED) is 0.794. The highest BCUT2D eigenvalue weighted by molar-refractivity contribution is 7.99. The summed E-state index contributed by atoms with van der Waals surface area (Å²) < 4.78 is 6.83. The van der Waals surface area contributed by atoms with Crippen LogP contribution < -0.4 is 10.1 Å². The molecular weight excluding hydrogens is 290 g/mol. The number of nitrogens with zero attached hydrogens (tertiary/aromatic N) is 2. The van der Waals surface area contributed by atoms with Gasteiger partial charge in [0.1, 0.15) is 5.75 Å². The van der Waals surface area contributed by atoms with Crippen molar-refractivity contribution in [3.8, 4) is 5.75 Å². The smallest absolute Gasteiger partial charge is 0.234 e. The minimum Gasteiger partial charge on any atom is -0.497 e. The molecule has 7 heteroatoms. The Hall–Kier alpha value is -1.99. The Balaban J connectivity index is 1.87. The van der Waals surface area contributed by atoms with E-state index in [0.717, 1.165) is 11.4 Å². The van der Waals surface area contributed by atoms with E-state index >= 15 is 0 Å². The second-order valence-corrected chi connectivity index (χ2v) is 5.26. The Labute approximate surface area is 127 Å². The van der Waals surface area contributed by atoms with Crippen LogP contribution in [0.15, 0.2) is 35.6 Å². The Morgan fingerprint density at radius 3 is 2.71 bits per heavy atom. The average Bonchev–Trinajstić information content (AvgIpc) is 2.86. The van der Waals surface area contributed by atoms with Crippen LogP contribution in [0.4, 0.5) is 5.69 Å². The summed E-state index contributed by atoms with van der Waals surface area (Å²) in [6.07, 6.45) is 1.60. The maximum absolute atomic E-state index is 11.9. The lowest BCUT2D eigenvalue weighted by Gasteiger charge is -2.06. The summed E-state index contributed by atoms with van der Waals surface area (Å²) in [5.74, 6) is 0.882. The van der Waals surface area contributed by atoms with Gasteiger partial charge in [-0.1, -0.05) is 11.8 Å². The molecule has 0 aliphatic heterocycles. The van der Waals surface area contributed by atoms with Gasteiger partial charge in [-0.15, -0.1) is 0 Å². The van der Waals surface area contributed by atoms with Gasteiger partial charge in [-0.25, -0.2) is 4.98 Å². The molecule has 2 rings (SSSR count). The van der Waals surface area contributed by atoms with Crippen molar-refractivity contribution in [2.24, 2.45) is 7.05 Å². The number of carbonyl (C=O) groups is 1. The summed E-state index contributed by atoms with van der Waals surface area (Å²) >= 11 is 1.32. The molecule has 0 unspecified atom stereocenters. The lowest BCUT2D eigenvalue weighted by Crippen LogP contribution is -2.14. The maximum atomic E-state index is 11.9. The maximum Gasteiger partial charge on any atom is 0.234 e. The summed E-state index contributed by atoms with van der Waals surface area (Å²) in [6.45, 7) is -0.0674. The molecule has 6 nitrogen and oxygen atoms in total. The van der Waals surface area contributed by atoms with Crippen LogP contribution in [0, 0.1) is 0 Å². The van der Waals surface area contributed by atoms with Crippen molar-refractivity contribution in [1.82, 2.24) is 9.55 Å². The Morgan fingerprint density at radius 2 is 2.14 bits per heavy atom. The molecule has 21 heavy (non-hydrogen) atoms. The number of aliphatic hydroxyl groups is 1. The molecule has 0 atom stereocenters. The number of rotatable bonds is 6. The van der Waals surface area contributed by atoms with Crippen LogP contribution in [-0.4, -0.2) is 33.4 Å². The number of carbonyl (C=O) groups excluding carboxylic acids is 1. The van der Waals surface area contributed by atoms with E-state index in [1.807, 2.05) is 7.05 Å². The number of hydrogen-bond donors (Lipinski definition) is 2. The minimum absolute atomic E-state index is 0.0674. The van der Waals surface area contributed by atoms with Crippen LogP contribution in [0.3, 0.4) is 0 Å². The topological polar surface area (TPSA) is 76.4 Å². The van der Waals surface area contributed by atoms with Crippen LogP contribution in [0.5, 0.6) is 5.75 Å². The number of aliphatic hydroxyl groups excluding tert-OH is 1. The summed E-state index contributed by atoms with van der Waals surface area (Å²) in [5, 5.41) is 12.6. The van der Waals surface area contributed by atoms with E-state index in [1.54, 1.807) is 42.1 Å². The molecule has 1 amide bonds. The van der Waals surface area contributed by atoms with Gasteiger partial charge in [-0.05, 0) is 24.3 Å². The third kappa shape index (κ3) is 3.99. The number of imidazole rings is 1. The Bertz CT molecular complexity index is 610. The predicted molar refractivity (Wildman–Crippen MR) is 81.5 cm³/mol. The first-order valence-electron chi connectivity index (χ1n) is 6.32. The van der Waals surface area contributed by atoms with E-state index in [-0.39, 0.29) is 18.3 Å². The molecule has 0 saturated carbocycles. The van der Waals surface area contributed by atoms with Crippen LogP contribution in [0.1, 0.15) is 5.69 Å². The number of thioether (sulfide) groups is 1. The molecule has 1 aromatic heterocycles. The standard InChI is InChI=1S/C14H17N3O3S/c1-17-11(8-18)7-15-14(17)21-9-13(19)16-10-3-5-12(20-2)6-4-10/h3-7,18H,8-9H2,1-2H3,(H,16,19). The number of anilines is 1. The first-order valence-corrected chi connectivity index (χ1v) is 7.30. The zero-order chi connectivity index (χ0) is 15.2. The van der Waals surface area contributed by atoms with Gasteiger partial charge >= 0.3 is 0 Å². The average molecular weight is 307 g/mol. The van der Waals surface area contributed by atoms with Gasteiger partial charge < -0.3 is 19.7 Å². The Morgan fingerprint density at radius 1 is 1.43 bits per heavy atom. The van der Waals surface area contributed by atoms with Crippen molar-refractivity contribution in [2.75, 3.05) is 18.2 Å². The van der Waals surface area contributed by atoms with Gasteiger partial charge in [0.15, 0.2) is 5.16 Å². The van der Waals surface area contributed by atoms with E-state index in [4.69, 9.17) is 9.84 Å². The molecule has 2 N–H and O–H groups in total. The normalized spacial score (nSPS) is 10.4. The lowest BCUT2D eigenvalue weighted by molar-refractivity contribution is -0.113. The van der Waals surface area contributed by atoms with Crippen LogP contribution in [0.2, 0.25) is 0 Å². The SMILES string of the molecule is COc1ccc(NC(=O)CSc2ncc(CO)n2C)cc1. The number of benzene rings is 1. The molecule has 0 radical (unpaired) electrons. The number of amides is 1. The van der Waals surface area contributed by atoms with E-state index in [0.29, 0.717) is 10.9 Å². The first kappa shape index (κ1) is 15.4. The summed E-state index contributed by atoms with van der Waals surface area (Å²) in [6, 6.07) is 7.14. The van der Waals surface area contributed by atoms with Crippen molar-refractivity contribution in [2.45, 2.75) is 11.8 Å². The van der Waals surface area contributed by atoms with Crippen LogP contribution in [-0.2, 0) is 18.4 Å². The molecule has 0 aliphatic rings. The number of aromatic nitrogens is 2. The fraction of sp³-hybridized carbons (Fsp3) is 0.286. The van der Waals surface area contributed by atoms with E-state index < -0.39 is 0 Å². The monoisotopic (exact) mass is 307 g/mol. The molecule has 2 aromatic rings. The largest absolute Gasteiger partial charge is 0.497 e. The third-order valence-corrected chi connectivity index (χ3v) is 3.95.